The summed E-state index contributed by atoms with van der Waals surface area (Å²) in [5, 5.41) is 0. The Morgan fingerprint density at radius 2 is 1.83 bits per heavy atom. The Bertz CT molecular complexity index is 113. The third-order valence-electron chi connectivity index (χ3n) is 2.67. The van der Waals surface area contributed by atoms with E-state index in [4.69, 9.17) is 10.6 Å². The number of rotatable bonds is 6. The average molecular weight is 174 g/mol. The van der Waals surface area contributed by atoms with E-state index in [1.54, 1.807) is 0 Å². The molecule has 0 radical (unpaired) electrons. The largest absolute Gasteiger partial charge is 0.374 e. The summed E-state index contributed by atoms with van der Waals surface area (Å²) in [5.74, 6) is 5.41. The van der Waals surface area contributed by atoms with Crippen LogP contribution in [0, 0.1) is 0 Å². The molecule has 0 bridgehead atoms. The van der Waals surface area contributed by atoms with Crippen molar-refractivity contribution in [2.45, 2.75) is 52.2 Å². The fourth-order valence-electron chi connectivity index (χ4n) is 1.63. The van der Waals surface area contributed by atoms with Crippen LogP contribution < -0.4 is 11.3 Å². The Labute approximate surface area is 75.6 Å². The van der Waals surface area contributed by atoms with E-state index in [0.29, 0.717) is 0 Å². The zero-order chi connectivity index (χ0) is 9.61. The van der Waals surface area contributed by atoms with Gasteiger partial charge in [0.2, 0.25) is 0 Å². The third-order valence-corrected chi connectivity index (χ3v) is 2.67. The van der Waals surface area contributed by atoms with Crippen LogP contribution in [-0.2, 0) is 4.74 Å². The lowest BCUT2D eigenvalue weighted by molar-refractivity contribution is -0.0678. The molecule has 1 atom stereocenters. The van der Waals surface area contributed by atoms with Crippen LogP contribution in [0.2, 0.25) is 0 Å². The Morgan fingerprint density at radius 3 is 2.08 bits per heavy atom. The van der Waals surface area contributed by atoms with E-state index in [0.717, 1.165) is 19.4 Å². The van der Waals surface area contributed by atoms with Crippen LogP contribution in [-0.4, -0.2) is 18.2 Å². The smallest absolute Gasteiger partial charge is 0.0840 e. The van der Waals surface area contributed by atoms with Crippen molar-refractivity contribution < 1.29 is 4.74 Å². The molecule has 0 saturated carbocycles. The molecule has 0 aliphatic carbocycles. The highest BCUT2D eigenvalue weighted by Gasteiger charge is 2.32. The lowest BCUT2D eigenvalue weighted by Gasteiger charge is -2.37. The lowest BCUT2D eigenvalue weighted by Crippen LogP contribution is -2.52. The van der Waals surface area contributed by atoms with Gasteiger partial charge >= 0.3 is 0 Å². The molecule has 0 aromatic heterocycles. The molecule has 0 aromatic carbocycles. The van der Waals surface area contributed by atoms with Gasteiger partial charge in [0.05, 0.1) is 5.60 Å². The van der Waals surface area contributed by atoms with Gasteiger partial charge in [-0.2, -0.15) is 0 Å². The SMILES string of the molecule is CCOC(CC)(CC)C(C)NN. The molecule has 0 aliphatic rings. The molecule has 12 heavy (non-hydrogen) atoms. The number of ether oxygens (including phenoxy) is 1. The molecular weight excluding hydrogens is 152 g/mol. The van der Waals surface area contributed by atoms with Crippen LogP contribution >= 0.6 is 0 Å². The van der Waals surface area contributed by atoms with Crippen molar-refractivity contribution in [2.75, 3.05) is 6.61 Å². The van der Waals surface area contributed by atoms with E-state index in [2.05, 4.69) is 26.2 Å². The van der Waals surface area contributed by atoms with E-state index in [1.165, 1.54) is 0 Å². The standard InChI is InChI=1S/C9H22N2O/c1-5-9(6-2,12-7-3)8(4)11-10/h8,11H,5-7,10H2,1-4H3. The summed E-state index contributed by atoms with van der Waals surface area (Å²) in [5.41, 5.74) is 2.67. The van der Waals surface area contributed by atoms with Crippen molar-refractivity contribution in [1.29, 1.82) is 0 Å². The average Bonchev–Trinajstić information content (AvgIpc) is 2.13. The quantitative estimate of drug-likeness (QED) is 0.473. The molecule has 3 nitrogen and oxygen atoms in total. The molecule has 1 unspecified atom stereocenters. The van der Waals surface area contributed by atoms with Crippen LogP contribution in [0.5, 0.6) is 0 Å². The fourth-order valence-corrected chi connectivity index (χ4v) is 1.63. The minimum absolute atomic E-state index is 0.0938. The zero-order valence-electron chi connectivity index (χ0n) is 8.68. The summed E-state index contributed by atoms with van der Waals surface area (Å²) >= 11 is 0. The van der Waals surface area contributed by atoms with Gasteiger partial charge in [-0.25, -0.2) is 0 Å². The number of hydrogen-bond acceptors (Lipinski definition) is 3. The van der Waals surface area contributed by atoms with Gasteiger partial charge < -0.3 is 4.74 Å². The molecule has 0 rings (SSSR count). The summed E-state index contributed by atoms with van der Waals surface area (Å²) in [6.45, 7) is 9.08. The molecule has 0 saturated heterocycles. The molecule has 0 aromatic rings. The predicted octanol–water partition coefficient (Wildman–Crippen LogP) is 1.43. The molecule has 74 valence electrons. The first-order valence-electron chi connectivity index (χ1n) is 4.76. The fraction of sp³-hybridized carbons (Fsp3) is 1.00. The van der Waals surface area contributed by atoms with Crippen LogP contribution in [0.1, 0.15) is 40.5 Å². The maximum atomic E-state index is 5.74. The first-order chi connectivity index (χ1) is 5.66. The normalized spacial score (nSPS) is 14.8. The topological polar surface area (TPSA) is 47.3 Å². The van der Waals surface area contributed by atoms with Crippen molar-refractivity contribution in [1.82, 2.24) is 5.43 Å². The molecule has 0 aliphatic heterocycles. The highest BCUT2D eigenvalue weighted by Crippen LogP contribution is 2.24. The Kier molecular flexibility index (Phi) is 5.46. The van der Waals surface area contributed by atoms with E-state index in [-0.39, 0.29) is 11.6 Å². The van der Waals surface area contributed by atoms with Gasteiger partial charge in [-0.15, -0.1) is 0 Å². The maximum absolute atomic E-state index is 5.74. The van der Waals surface area contributed by atoms with Gasteiger partial charge in [0.25, 0.3) is 0 Å². The Morgan fingerprint density at radius 1 is 1.33 bits per heavy atom. The summed E-state index contributed by atoms with van der Waals surface area (Å²) in [7, 11) is 0. The van der Waals surface area contributed by atoms with Gasteiger partial charge in [-0.05, 0) is 26.7 Å². The number of hydrazine groups is 1. The molecule has 3 N–H and O–H groups in total. The van der Waals surface area contributed by atoms with Crippen molar-refractivity contribution in [3.05, 3.63) is 0 Å². The number of nitrogens with one attached hydrogen (secondary N) is 1. The third kappa shape index (κ3) is 2.44. The van der Waals surface area contributed by atoms with Crippen LogP contribution in [0.15, 0.2) is 0 Å². The van der Waals surface area contributed by atoms with Crippen molar-refractivity contribution in [3.8, 4) is 0 Å². The molecule has 0 amide bonds. The first kappa shape index (κ1) is 11.9. The monoisotopic (exact) mass is 174 g/mol. The molecule has 0 heterocycles. The molecule has 3 heteroatoms. The van der Waals surface area contributed by atoms with Crippen molar-refractivity contribution >= 4 is 0 Å². The molecule has 0 fully saturated rings. The molecular formula is C9H22N2O. The summed E-state index contributed by atoms with van der Waals surface area (Å²) in [4.78, 5) is 0. The number of hydrogen-bond donors (Lipinski definition) is 2. The predicted molar refractivity (Wildman–Crippen MR) is 51.7 cm³/mol. The van der Waals surface area contributed by atoms with Crippen molar-refractivity contribution in [3.63, 3.8) is 0 Å². The van der Waals surface area contributed by atoms with Gasteiger partial charge in [-0.1, -0.05) is 13.8 Å². The second-order valence-electron chi connectivity index (χ2n) is 3.09. The molecule has 0 spiro atoms. The summed E-state index contributed by atoms with van der Waals surface area (Å²) < 4.78 is 5.74. The minimum atomic E-state index is -0.0938. The lowest BCUT2D eigenvalue weighted by atomic mass is 9.89. The number of nitrogens with two attached hydrogens (primary N) is 1. The highest BCUT2D eigenvalue weighted by atomic mass is 16.5. The van der Waals surface area contributed by atoms with E-state index in [1.807, 2.05) is 6.92 Å². The highest BCUT2D eigenvalue weighted by molar-refractivity contribution is 4.87. The summed E-state index contributed by atoms with van der Waals surface area (Å²) in [6, 6.07) is 0.201. The van der Waals surface area contributed by atoms with Gasteiger partial charge in [-0.3, -0.25) is 11.3 Å². The van der Waals surface area contributed by atoms with E-state index < -0.39 is 0 Å². The van der Waals surface area contributed by atoms with Crippen LogP contribution in [0.25, 0.3) is 0 Å². The van der Waals surface area contributed by atoms with Gasteiger partial charge in [0, 0.05) is 12.6 Å². The van der Waals surface area contributed by atoms with Crippen molar-refractivity contribution in [2.24, 2.45) is 5.84 Å². The van der Waals surface area contributed by atoms with E-state index in [9.17, 15) is 0 Å². The first-order valence-corrected chi connectivity index (χ1v) is 4.76. The van der Waals surface area contributed by atoms with Crippen LogP contribution in [0.4, 0.5) is 0 Å². The second-order valence-corrected chi connectivity index (χ2v) is 3.09. The van der Waals surface area contributed by atoms with Crippen LogP contribution in [0.3, 0.4) is 0 Å². The Hall–Kier alpha value is -0.120. The second kappa shape index (κ2) is 5.51. The zero-order valence-corrected chi connectivity index (χ0v) is 8.68. The minimum Gasteiger partial charge on any atom is -0.374 e. The summed E-state index contributed by atoms with van der Waals surface area (Å²) in [6.07, 6.45) is 1.98. The maximum Gasteiger partial charge on any atom is 0.0840 e. The van der Waals surface area contributed by atoms with Gasteiger partial charge in [0.15, 0.2) is 0 Å². The van der Waals surface area contributed by atoms with E-state index >= 15 is 0 Å². The Balaban J connectivity index is 4.33. The van der Waals surface area contributed by atoms with Gasteiger partial charge in [0.1, 0.15) is 0 Å².